The summed E-state index contributed by atoms with van der Waals surface area (Å²) < 4.78 is 33.2. The highest BCUT2D eigenvalue weighted by Gasteiger charge is 2.43. The average molecular weight is 424 g/mol. The van der Waals surface area contributed by atoms with Crippen molar-refractivity contribution in [3.63, 3.8) is 0 Å². The van der Waals surface area contributed by atoms with Gasteiger partial charge in [0.1, 0.15) is 24.4 Å². The summed E-state index contributed by atoms with van der Waals surface area (Å²) in [6.45, 7) is 0.359. The summed E-state index contributed by atoms with van der Waals surface area (Å²) >= 11 is 0. The Morgan fingerprint density at radius 1 is 1.23 bits per heavy atom. The first-order valence-electron chi connectivity index (χ1n) is 10.3. The number of imidazole rings is 1. The van der Waals surface area contributed by atoms with Gasteiger partial charge in [-0.25, -0.2) is 14.2 Å². The molecule has 6 nitrogen and oxygen atoms in total. The van der Waals surface area contributed by atoms with Crippen molar-refractivity contribution < 1.29 is 23.4 Å². The fraction of sp³-hybridized carbons (Fsp3) is 0.333. The van der Waals surface area contributed by atoms with Crippen LogP contribution in [0.4, 0.5) is 4.39 Å². The third-order valence-corrected chi connectivity index (χ3v) is 5.38. The number of esters is 1. The molecule has 0 N–H and O–H groups in total. The van der Waals surface area contributed by atoms with Gasteiger partial charge in [-0.3, -0.25) is 0 Å². The minimum Gasteiger partial charge on any atom is -0.459 e. The molecular formula is C24H25FN2O4. The number of ether oxygens (including phenoxy) is 3. The third-order valence-electron chi connectivity index (χ3n) is 5.38. The van der Waals surface area contributed by atoms with Crippen molar-refractivity contribution in [2.45, 2.75) is 31.2 Å². The minimum absolute atomic E-state index is 0.0794. The van der Waals surface area contributed by atoms with Gasteiger partial charge in [0.25, 0.3) is 0 Å². The summed E-state index contributed by atoms with van der Waals surface area (Å²) in [6, 6.07) is 15.0. The molecule has 0 amide bonds. The fourth-order valence-electron chi connectivity index (χ4n) is 3.72. The van der Waals surface area contributed by atoms with Crippen LogP contribution in [0.15, 0.2) is 67.0 Å². The number of carbonyl (C=O) groups excluding carboxylic acids is 1. The lowest BCUT2D eigenvalue weighted by Gasteiger charge is -2.28. The van der Waals surface area contributed by atoms with Crippen LogP contribution < -0.4 is 0 Å². The van der Waals surface area contributed by atoms with E-state index in [1.165, 1.54) is 12.1 Å². The molecule has 7 heteroatoms. The normalized spacial score (nSPS) is 20.6. The quantitative estimate of drug-likeness (QED) is 0.512. The molecule has 0 unspecified atom stereocenters. The largest absolute Gasteiger partial charge is 0.459 e. The Hall–Kier alpha value is -3.03. The Morgan fingerprint density at radius 3 is 2.71 bits per heavy atom. The molecule has 2 atom stereocenters. The Balaban J connectivity index is 1.42. The molecule has 2 heterocycles. The molecule has 2 aromatic carbocycles. The van der Waals surface area contributed by atoms with Crippen LogP contribution in [0.25, 0.3) is 0 Å². The van der Waals surface area contributed by atoms with Gasteiger partial charge in [-0.2, -0.15) is 0 Å². The molecule has 1 saturated heterocycles. The number of carbonyl (C=O) groups is 1. The van der Waals surface area contributed by atoms with E-state index in [0.717, 1.165) is 24.2 Å². The second-order valence-corrected chi connectivity index (χ2v) is 7.58. The van der Waals surface area contributed by atoms with Crippen molar-refractivity contribution in [2.24, 2.45) is 7.05 Å². The summed E-state index contributed by atoms with van der Waals surface area (Å²) in [5.74, 6) is -0.764. The van der Waals surface area contributed by atoms with Gasteiger partial charge in [-0.1, -0.05) is 30.3 Å². The second-order valence-electron chi connectivity index (χ2n) is 7.58. The van der Waals surface area contributed by atoms with Crippen LogP contribution in [0.1, 0.15) is 34.6 Å². The summed E-state index contributed by atoms with van der Waals surface area (Å²) in [5, 5.41) is 0. The van der Waals surface area contributed by atoms with E-state index in [4.69, 9.17) is 14.2 Å². The van der Waals surface area contributed by atoms with Crippen LogP contribution in [-0.2, 0) is 33.5 Å². The molecule has 1 aromatic heterocycles. The molecule has 0 aliphatic carbocycles. The predicted octanol–water partition coefficient (Wildman–Crippen LogP) is 4.01. The average Bonchev–Trinajstić information content (AvgIpc) is 3.40. The van der Waals surface area contributed by atoms with Crippen LogP contribution in [0.3, 0.4) is 0 Å². The van der Waals surface area contributed by atoms with Gasteiger partial charge in [-0.05, 0) is 30.7 Å². The standard InChI is InChI=1S/C24H25FN2O4/c1-27-15-14-26-22(27)8-5-13-24(19-9-11-20(25)12-10-19)30-17-21(31-24)16-29-23(28)18-6-3-2-4-7-18/h2-4,6-7,9-12,14-15,21H,5,8,13,16-17H2,1H3/t21-,24-/m0/s1. The van der Waals surface area contributed by atoms with E-state index < -0.39 is 17.9 Å². The van der Waals surface area contributed by atoms with E-state index in [1.807, 2.05) is 23.9 Å². The topological polar surface area (TPSA) is 62.6 Å². The van der Waals surface area contributed by atoms with E-state index in [2.05, 4.69) is 4.98 Å². The Bertz CT molecular complexity index is 1010. The van der Waals surface area contributed by atoms with E-state index in [1.54, 1.807) is 42.6 Å². The number of hydrogen-bond acceptors (Lipinski definition) is 5. The zero-order chi connectivity index (χ0) is 21.7. The Kier molecular flexibility index (Phi) is 6.44. The zero-order valence-corrected chi connectivity index (χ0v) is 17.4. The van der Waals surface area contributed by atoms with Crippen LogP contribution in [0.5, 0.6) is 0 Å². The zero-order valence-electron chi connectivity index (χ0n) is 17.4. The van der Waals surface area contributed by atoms with Crippen molar-refractivity contribution in [2.75, 3.05) is 13.2 Å². The van der Waals surface area contributed by atoms with Gasteiger partial charge in [0.2, 0.25) is 0 Å². The second kappa shape index (κ2) is 9.41. The maximum Gasteiger partial charge on any atom is 0.338 e. The maximum absolute atomic E-state index is 13.5. The summed E-state index contributed by atoms with van der Waals surface area (Å²) in [7, 11) is 1.96. The van der Waals surface area contributed by atoms with Crippen molar-refractivity contribution in [1.82, 2.24) is 9.55 Å². The molecule has 1 fully saturated rings. The first-order chi connectivity index (χ1) is 15.1. The van der Waals surface area contributed by atoms with E-state index in [0.29, 0.717) is 12.0 Å². The van der Waals surface area contributed by atoms with Gasteiger partial charge in [0.15, 0.2) is 5.79 Å². The lowest BCUT2D eigenvalue weighted by Crippen LogP contribution is -2.30. The molecule has 4 rings (SSSR count). The van der Waals surface area contributed by atoms with E-state index in [-0.39, 0.29) is 19.0 Å². The SMILES string of the molecule is Cn1ccnc1CCC[C@]1(c2ccc(F)cc2)OC[C@H](COC(=O)c2ccccc2)O1. The van der Waals surface area contributed by atoms with Gasteiger partial charge < -0.3 is 18.8 Å². The Labute approximate surface area is 180 Å². The lowest BCUT2D eigenvalue weighted by atomic mass is 9.99. The number of halogens is 1. The summed E-state index contributed by atoms with van der Waals surface area (Å²) in [4.78, 5) is 16.6. The molecule has 0 spiro atoms. The minimum atomic E-state index is -1.01. The number of aromatic nitrogens is 2. The van der Waals surface area contributed by atoms with Gasteiger partial charge in [0, 0.05) is 37.8 Å². The van der Waals surface area contributed by atoms with Crippen molar-refractivity contribution >= 4 is 5.97 Å². The van der Waals surface area contributed by atoms with Crippen molar-refractivity contribution in [3.05, 3.63) is 89.8 Å². The van der Waals surface area contributed by atoms with E-state index in [9.17, 15) is 9.18 Å². The number of hydrogen-bond donors (Lipinski definition) is 0. The molecule has 31 heavy (non-hydrogen) atoms. The van der Waals surface area contributed by atoms with Gasteiger partial charge in [0.05, 0.1) is 12.2 Å². The molecule has 1 aliphatic rings. The number of rotatable bonds is 8. The van der Waals surface area contributed by atoms with Crippen LogP contribution >= 0.6 is 0 Å². The molecule has 162 valence electrons. The fourth-order valence-corrected chi connectivity index (χ4v) is 3.72. The molecule has 0 radical (unpaired) electrons. The monoisotopic (exact) mass is 424 g/mol. The molecule has 3 aromatic rings. The first kappa shape index (κ1) is 21.2. The maximum atomic E-state index is 13.5. The van der Waals surface area contributed by atoms with Crippen LogP contribution in [0, 0.1) is 5.82 Å². The molecule has 0 bridgehead atoms. The lowest BCUT2D eigenvalue weighted by molar-refractivity contribution is -0.185. The highest BCUT2D eigenvalue weighted by Crippen LogP contribution is 2.39. The number of benzene rings is 2. The highest BCUT2D eigenvalue weighted by atomic mass is 19.1. The predicted molar refractivity (Wildman–Crippen MR) is 112 cm³/mol. The molecule has 1 aliphatic heterocycles. The third kappa shape index (κ3) is 5.00. The van der Waals surface area contributed by atoms with Crippen LogP contribution in [-0.4, -0.2) is 34.8 Å². The molecule has 0 saturated carbocycles. The van der Waals surface area contributed by atoms with E-state index >= 15 is 0 Å². The number of aryl methyl sites for hydroxylation is 2. The summed E-state index contributed by atoms with van der Waals surface area (Å²) in [6.07, 6.45) is 5.35. The Morgan fingerprint density at radius 2 is 2.00 bits per heavy atom. The number of nitrogens with zero attached hydrogens (tertiary/aromatic N) is 2. The first-order valence-corrected chi connectivity index (χ1v) is 10.3. The van der Waals surface area contributed by atoms with Gasteiger partial charge >= 0.3 is 5.97 Å². The van der Waals surface area contributed by atoms with Gasteiger partial charge in [-0.15, -0.1) is 0 Å². The molecular weight excluding hydrogens is 399 g/mol. The summed E-state index contributed by atoms with van der Waals surface area (Å²) in [5.41, 5.74) is 1.23. The van der Waals surface area contributed by atoms with Crippen LogP contribution in [0.2, 0.25) is 0 Å². The highest BCUT2D eigenvalue weighted by molar-refractivity contribution is 5.89. The van der Waals surface area contributed by atoms with Crippen molar-refractivity contribution in [3.8, 4) is 0 Å². The smallest absolute Gasteiger partial charge is 0.338 e. The van der Waals surface area contributed by atoms with Crippen molar-refractivity contribution in [1.29, 1.82) is 0 Å².